The van der Waals surface area contributed by atoms with E-state index in [0.717, 1.165) is 19.5 Å². The number of urea groups is 1. The van der Waals surface area contributed by atoms with Crippen LogP contribution in [0.15, 0.2) is 18.3 Å². The summed E-state index contributed by atoms with van der Waals surface area (Å²) in [4.78, 5) is 17.4. The van der Waals surface area contributed by atoms with Gasteiger partial charge in [-0.3, -0.25) is 5.43 Å². The topological polar surface area (TPSA) is 72.2 Å². The summed E-state index contributed by atoms with van der Waals surface area (Å²) in [5, 5.41) is 2.98. The highest BCUT2D eigenvalue weighted by Gasteiger charge is 2.41. The number of hydrogen-bond acceptors (Lipinski definition) is 3. The van der Waals surface area contributed by atoms with E-state index in [1.807, 2.05) is 31.0 Å². The number of piperidine rings is 1. The SMILES string of the molecule is CC(C)NC(=O)N1CCC2NNC(c3ccc[nH]3)C2C1. The lowest BCUT2D eigenvalue weighted by molar-refractivity contribution is 0.152. The Morgan fingerprint density at radius 2 is 2.30 bits per heavy atom. The highest BCUT2D eigenvalue weighted by Crippen LogP contribution is 2.32. The fourth-order valence-electron chi connectivity index (χ4n) is 3.17. The Bertz CT molecular complexity index is 458. The van der Waals surface area contributed by atoms with Gasteiger partial charge in [-0.25, -0.2) is 10.2 Å². The van der Waals surface area contributed by atoms with Crippen molar-refractivity contribution in [3.05, 3.63) is 24.0 Å². The van der Waals surface area contributed by atoms with Crippen LogP contribution in [0, 0.1) is 5.92 Å². The van der Waals surface area contributed by atoms with Crippen molar-refractivity contribution in [2.45, 2.75) is 38.4 Å². The molecular weight excluding hydrogens is 254 g/mol. The second-order valence-electron chi connectivity index (χ2n) is 6.00. The van der Waals surface area contributed by atoms with Crippen LogP contribution in [0.25, 0.3) is 0 Å². The van der Waals surface area contributed by atoms with Crippen LogP contribution in [0.4, 0.5) is 4.79 Å². The van der Waals surface area contributed by atoms with Gasteiger partial charge < -0.3 is 15.2 Å². The number of hydrogen-bond donors (Lipinski definition) is 4. The normalized spacial score (nSPS) is 29.6. The molecule has 2 fully saturated rings. The third-order valence-electron chi connectivity index (χ3n) is 4.17. The third-order valence-corrected chi connectivity index (χ3v) is 4.17. The van der Waals surface area contributed by atoms with Crippen LogP contribution < -0.4 is 16.2 Å². The number of nitrogens with one attached hydrogen (secondary N) is 4. The Morgan fingerprint density at radius 3 is 3.00 bits per heavy atom. The number of hydrazine groups is 1. The van der Waals surface area contributed by atoms with Gasteiger partial charge in [0.05, 0.1) is 6.04 Å². The first-order chi connectivity index (χ1) is 9.65. The molecule has 6 heteroatoms. The predicted octanol–water partition coefficient (Wildman–Crippen LogP) is 0.972. The molecule has 3 atom stereocenters. The molecule has 0 aromatic carbocycles. The standard InChI is InChI=1S/C14H23N5O/c1-9(2)16-14(20)19-7-5-11-10(8-19)13(18-17-11)12-4-3-6-15-12/h3-4,6,9-11,13,15,17-18H,5,7-8H2,1-2H3,(H,16,20). The number of nitrogens with zero attached hydrogens (tertiary/aromatic N) is 1. The van der Waals surface area contributed by atoms with Gasteiger partial charge in [-0.15, -0.1) is 0 Å². The summed E-state index contributed by atoms with van der Waals surface area (Å²) in [5.74, 6) is 0.403. The fraction of sp³-hybridized carbons (Fsp3) is 0.643. The number of fused-ring (bicyclic) bond motifs is 1. The number of carbonyl (C=O) groups is 1. The molecule has 0 spiro atoms. The van der Waals surface area contributed by atoms with E-state index in [0.29, 0.717) is 12.0 Å². The molecule has 1 aromatic heterocycles. The minimum atomic E-state index is 0.0515. The molecule has 2 aliphatic rings. The van der Waals surface area contributed by atoms with Crippen molar-refractivity contribution < 1.29 is 4.79 Å². The first-order valence-electron chi connectivity index (χ1n) is 7.35. The van der Waals surface area contributed by atoms with Gasteiger partial charge in [-0.2, -0.15) is 0 Å². The lowest BCUT2D eigenvalue weighted by Gasteiger charge is -2.36. The van der Waals surface area contributed by atoms with Crippen molar-refractivity contribution in [2.24, 2.45) is 5.92 Å². The van der Waals surface area contributed by atoms with Gasteiger partial charge in [0.2, 0.25) is 0 Å². The predicted molar refractivity (Wildman–Crippen MR) is 76.9 cm³/mol. The van der Waals surface area contributed by atoms with E-state index < -0.39 is 0 Å². The van der Waals surface area contributed by atoms with Crippen LogP contribution in [-0.2, 0) is 0 Å². The van der Waals surface area contributed by atoms with Gasteiger partial charge in [-0.05, 0) is 32.4 Å². The third kappa shape index (κ3) is 2.53. The number of amides is 2. The van der Waals surface area contributed by atoms with Crippen molar-refractivity contribution in [1.82, 2.24) is 26.1 Å². The molecule has 2 aliphatic heterocycles. The lowest BCUT2D eigenvalue weighted by atomic mass is 9.87. The van der Waals surface area contributed by atoms with Gasteiger partial charge in [-0.1, -0.05) is 0 Å². The van der Waals surface area contributed by atoms with Gasteiger partial charge in [0.15, 0.2) is 0 Å². The van der Waals surface area contributed by atoms with Crippen molar-refractivity contribution >= 4 is 6.03 Å². The molecule has 0 bridgehead atoms. The molecule has 20 heavy (non-hydrogen) atoms. The number of aromatic nitrogens is 1. The average molecular weight is 277 g/mol. The molecule has 2 saturated heterocycles. The Hall–Kier alpha value is -1.53. The monoisotopic (exact) mass is 277 g/mol. The van der Waals surface area contributed by atoms with Crippen LogP contribution in [0.2, 0.25) is 0 Å². The summed E-state index contributed by atoms with van der Waals surface area (Å²) >= 11 is 0. The van der Waals surface area contributed by atoms with Gasteiger partial charge in [0.1, 0.15) is 0 Å². The molecule has 0 radical (unpaired) electrons. The van der Waals surface area contributed by atoms with E-state index in [1.54, 1.807) is 0 Å². The molecule has 2 amide bonds. The van der Waals surface area contributed by atoms with E-state index in [4.69, 9.17) is 0 Å². The van der Waals surface area contributed by atoms with Crippen LogP contribution >= 0.6 is 0 Å². The quantitative estimate of drug-likeness (QED) is 0.651. The maximum atomic E-state index is 12.2. The van der Waals surface area contributed by atoms with E-state index in [2.05, 4.69) is 27.2 Å². The molecule has 110 valence electrons. The Labute approximate surface area is 119 Å². The maximum absolute atomic E-state index is 12.2. The summed E-state index contributed by atoms with van der Waals surface area (Å²) in [6, 6.07) is 5.01. The minimum Gasteiger partial charge on any atom is -0.364 e. The fourth-order valence-corrected chi connectivity index (χ4v) is 3.17. The smallest absolute Gasteiger partial charge is 0.317 e. The first kappa shape index (κ1) is 13.5. The summed E-state index contributed by atoms with van der Waals surface area (Å²) in [6.07, 6.45) is 2.93. The van der Waals surface area contributed by atoms with Gasteiger partial charge >= 0.3 is 6.03 Å². The number of rotatable bonds is 2. The Morgan fingerprint density at radius 1 is 1.45 bits per heavy atom. The average Bonchev–Trinajstić information content (AvgIpc) is 3.05. The zero-order valence-corrected chi connectivity index (χ0v) is 12.0. The van der Waals surface area contributed by atoms with Crippen molar-refractivity contribution in [3.63, 3.8) is 0 Å². The maximum Gasteiger partial charge on any atom is 0.317 e. The molecule has 4 N–H and O–H groups in total. The Kier molecular flexibility index (Phi) is 3.67. The summed E-state index contributed by atoms with van der Waals surface area (Å²) in [5.41, 5.74) is 7.91. The highest BCUT2D eigenvalue weighted by molar-refractivity contribution is 5.74. The summed E-state index contributed by atoms with van der Waals surface area (Å²) in [6.45, 7) is 5.58. The Balaban J connectivity index is 1.69. The minimum absolute atomic E-state index is 0.0515. The molecule has 3 unspecified atom stereocenters. The number of aromatic amines is 1. The van der Waals surface area contributed by atoms with Crippen LogP contribution in [0.3, 0.4) is 0 Å². The summed E-state index contributed by atoms with van der Waals surface area (Å²) < 4.78 is 0. The molecule has 3 rings (SSSR count). The van der Waals surface area contributed by atoms with Crippen molar-refractivity contribution in [2.75, 3.05) is 13.1 Å². The first-order valence-corrected chi connectivity index (χ1v) is 7.35. The van der Waals surface area contributed by atoms with Crippen LogP contribution in [0.5, 0.6) is 0 Å². The van der Waals surface area contributed by atoms with Gasteiger partial charge in [0.25, 0.3) is 0 Å². The van der Waals surface area contributed by atoms with E-state index in [9.17, 15) is 4.79 Å². The van der Waals surface area contributed by atoms with E-state index in [1.165, 1.54) is 5.69 Å². The zero-order chi connectivity index (χ0) is 14.1. The van der Waals surface area contributed by atoms with E-state index >= 15 is 0 Å². The van der Waals surface area contributed by atoms with Gasteiger partial charge in [0, 0.05) is 43.0 Å². The molecule has 6 nitrogen and oxygen atoms in total. The second kappa shape index (κ2) is 5.46. The second-order valence-corrected chi connectivity index (χ2v) is 6.00. The number of carbonyl (C=O) groups excluding carboxylic acids is 1. The van der Waals surface area contributed by atoms with Crippen LogP contribution in [-0.4, -0.2) is 41.1 Å². The van der Waals surface area contributed by atoms with Crippen molar-refractivity contribution in [1.29, 1.82) is 0 Å². The largest absolute Gasteiger partial charge is 0.364 e. The zero-order valence-electron chi connectivity index (χ0n) is 12.0. The highest BCUT2D eigenvalue weighted by atomic mass is 16.2. The summed E-state index contributed by atoms with van der Waals surface area (Å²) in [7, 11) is 0. The lowest BCUT2D eigenvalue weighted by Crippen LogP contribution is -2.52. The molecule has 3 heterocycles. The number of H-pyrrole nitrogens is 1. The van der Waals surface area contributed by atoms with E-state index in [-0.39, 0.29) is 18.1 Å². The van der Waals surface area contributed by atoms with Crippen LogP contribution in [0.1, 0.15) is 32.0 Å². The molecular formula is C14H23N5O. The molecule has 0 aliphatic carbocycles. The molecule has 0 saturated carbocycles. The van der Waals surface area contributed by atoms with Crippen molar-refractivity contribution in [3.8, 4) is 0 Å². The number of likely N-dealkylation sites (tertiary alicyclic amines) is 1. The molecule has 1 aromatic rings.